The summed E-state index contributed by atoms with van der Waals surface area (Å²) < 4.78 is 32.3. The molecule has 0 radical (unpaired) electrons. The lowest BCUT2D eigenvalue weighted by molar-refractivity contribution is -0.127. The lowest BCUT2D eigenvalue weighted by atomic mass is 9.83. The van der Waals surface area contributed by atoms with Crippen LogP contribution in [0.2, 0.25) is 0 Å². The van der Waals surface area contributed by atoms with Crippen LogP contribution in [0.3, 0.4) is 0 Å². The Labute approximate surface area is 135 Å². The van der Waals surface area contributed by atoms with Gasteiger partial charge < -0.3 is 10.1 Å². The molecule has 1 aliphatic carbocycles. The van der Waals surface area contributed by atoms with E-state index in [1.54, 1.807) is 11.0 Å². The third-order valence-electron chi connectivity index (χ3n) is 3.94. The molecule has 0 bridgehead atoms. The van der Waals surface area contributed by atoms with Gasteiger partial charge in [-0.05, 0) is 19.3 Å². The average Bonchev–Trinajstić information content (AvgIpc) is 2.99. The molecule has 2 N–H and O–H groups in total. The first-order chi connectivity index (χ1) is 10.9. The maximum Gasteiger partial charge on any atom is 0.223 e. The highest BCUT2D eigenvalue weighted by Gasteiger charge is 2.35. The Hall–Kier alpha value is -1.52. The van der Waals surface area contributed by atoms with Crippen LogP contribution in [0.25, 0.3) is 0 Å². The van der Waals surface area contributed by atoms with Gasteiger partial charge in [0.05, 0.1) is 18.9 Å². The zero-order chi connectivity index (χ0) is 16.9. The van der Waals surface area contributed by atoms with Gasteiger partial charge in [0.15, 0.2) is 0 Å². The standard InChI is InChI=1S/C13H23N5O4S/c1-22-12-7-10(3-4-11(12)17-23(2,20)21)13(19)15-5-6-18-9-14-8-16-18/h8-12,17H,3-7H2,1-2H3,(H,15,19)/t10-,11+,12+/m0/s1. The van der Waals surface area contributed by atoms with Gasteiger partial charge in [-0.2, -0.15) is 5.10 Å². The first kappa shape index (κ1) is 17.8. The third kappa shape index (κ3) is 5.56. The van der Waals surface area contributed by atoms with Crippen LogP contribution >= 0.6 is 0 Å². The molecule has 10 heteroatoms. The number of carbonyl (C=O) groups excluding carboxylic acids is 1. The number of hydrogen-bond acceptors (Lipinski definition) is 6. The number of methoxy groups -OCH3 is 1. The second kappa shape index (κ2) is 7.84. The largest absolute Gasteiger partial charge is 0.380 e. The first-order valence-corrected chi connectivity index (χ1v) is 9.38. The summed E-state index contributed by atoms with van der Waals surface area (Å²) >= 11 is 0. The summed E-state index contributed by atoms with van der Waals surface area (Å²) in [5.41, 5.74) is 0. The highest BCUT2D eigenvalue weighted by molar-refractivity contribution is 7.88. The quantitative estimate of drug-likeness (QED) is 0.664. The van der Waals surface area contributed by atoms with Crippen molar-refractivity contribution in [2.75, 3.05) is 19.9 Å². The zero-order valence-corrected chi connectivity index (χ0v) is 14.1. The Morgan fingerprint density at radius 1 is 1.43 bits per heavy atom. The van der Waals surface area contributed by atoms with E-state index in [1.165, 1.54) is 13.4 Å². The number of amides is 1. The molecule has 1 heterocycles. The van der Waals surface area contributed by atoms with Crippen molar-refractivity contribution in [2.24, 2.45) is 5.92 Å². The molecule has 1 aliphatic rings. The molecular weight excluding hydrogens is 322 g/mol. The number of hydrogen-bond donors (Lipinski definition) is 2. The van der Waals surface area contributed by atoms with Gasteiger partial charge in [-0.15, -0.1) is 0 Å². The van der Waals surface area contributed by atoms with Crippen LogP contribution in [0.4, 0.5) is 0 Å². The fourth-order valence-corrected chi connectivity index (χ4v) is 3.64. The number of rotatable bonds is 7. The molecule has 0 unspecified atom stereocenters. The molecule has 23 heavy (non-hydrogen) atoms. The Balaban J connectivity index is 1.81. The van der Waals surface area contributed by atoms with Gasteiger partial charge in [0.2, 0.25) is 15.9 Å². The maximum absolute atomic E-state index is 12.2. The zero-order valence-electron chi connectivity index (χ0n) is 13.3. The van der Waals surface area contributed by atoms with Crippen molar-refractivity contribution in [1.29, 1.82) is 0 Å². The van der Waals surface area contributed by atoms with Gasteiger partial charge in [0, 0.05) is 25.6 Å². The number of aromatic nitrogens is 3. The molecule has 1 fully saturated rings. The van der Waals surface area contributed by atoms with Crippen molar-refractivity contribution in [3.63, 3.8) is 0 Å². The number of sulfonamides is 1. The molecule has 0 aliphatic heterocycles. The van der Waals surface area contributed by atoms with Gasteiger partial charge in [-0.25, -0.2) is 18.1 Å². The number of nitrogens with one attached hydrogen (secondary N) is 2. The van der Waals surface area contributed by atoms with Crippen LogP contribution in [0.5, 0.6) is 0 Å². The van der Waals surface area contributed by atoms with E-state index >= 15 is 0 Å². The predicted molar refractivity (Wildman–Crippen MR) is 82.9 cm³/mol. The average molecular weight is 345 g/mol. The van der Waals surface area contributed by atoms with Crippen molar-refractivity contribution >= 4 is 15.9 Å². The first-order valence-electron chi connectivity index (χ1n) is 7.49. The summed E-state index contributed by atoms with van der Waals surface area (Å²) in [6.45, 7) is 1.03. The summed E-state index contributed by atoms with van der Waals surface area (Å²) in [6.07, 6.45) is 5.57. The van der Waals surface area contributed by atoms with Gasteiger partial charge in [0.25, 0.3) is 0 Å². The molecule has 1 aromatic rings. The molecule has 1 saturated carbocycles. The molecule has 1 amide bonds. The molecule has 3 atom stereocenters. The number of nitrogens with zero attached hydrogens (tertiary/aromatic N) is 3. The lowest BCUT2D eigenvalue weighted by Gasteiger charge is -2.34. The van der Waals surface area contributed by atoms with Crippen molar-refractivity contribution in [2.45, 2.75) is 38.0 Å². The monoisotopic (exact) mass is 345 g/mol. The minimum absolute atomic E-state index is 0.0371. The number of carbonyl (C=O) groups is 1. The fraction of sp³-hybridized carbons (Fsp3) is 0.769. The minimum atomic E-state index is -3.29. The molecule has 0 spiro atoms. The van der Waals surface area contributed by atoms with E-state index in [4.69, 9.17) is 4.74 Å². The maximum atomic E-state index is 12.2. The molecular formula is C13H23N5O4S. The van der Waals surface area contributed by atoms with Crippen molar-refractivity contribution < 1.29 is 17.9 Å². The van der Waals surface area contributed by atoms with Gasteiger partial charge >= 0.3 is 0 Å². The molecule has 1 aromatic heterocycles. The third-order valence-corrected chi connectivity index (χ3v) is 4.67. The Bertz CT molecular complexity index is 604. The SMILES string of the molecule is CO[C@@H]1C[C@@H](C(=O)NCCn2cncn2)CC[C@H]1NS(C)(=O)=O. The molecule has 9 nitrogen and oxygen atoms in total. The number of ether oxygens (including phenoxy) is 1. The van der Waals surface area contributed by atoms with Crippen LogP contribution < -0.4 is 10.0 Å². The van der Waals surface area contributed by atoms with Gasteiger partial charge in [0.1, 0.15) is 12.7 Å². The van der Waals surface area contributed by atoms with Crippen molar-refractivity contribution in [1.82, 2.24) is 24.8 Å². The van der Waals surface area contributed by atoms with E-state index in [2.05, 4.69) is 20.1 Å². The van der Waals surface area contributed by atoms with E-state index in [1.807, 2.05) is 0 Å². The van der Waals surface area contributed by atoms with E-state index in [-0.39, 0.29) is 24.0 Å². The van der Waals surface area contributed by atoms with E-state index < -0.39 is 10.0 Å². The van der Waals surface area contributed by atoms with Crippen LogP contribution in [-0.4, -0.2) is 61.1 Å². The van der Waals surface area contributed by atoms with Crippen LogP contribution in [0.1, 0.15) is 19.3 Å². The predicted octanol–water partition coefficient (Wildman–Crippen LogP) is -0.873. The van der Waals surface area contributed by atoms with Crippen LogP contribution in [0.15, 0.2) is 12.7 Å². The molecule has 130 valence electrons. The summed E-state index contributed by atoms with van der Waals surface area (Å²) in [6, 6.07) is -0.283. The topological polar surface area (TPSA) is 115 Å². The second-order valence-electron chi connectivity index (χ2n) is 5.73. The van der Waals surface area contributed by atoms with Gasteiger partial charge in [-0.1, -0.05) is 0 Å². The smallest absolute Gasteiger partial charge is 0.223 e. The molecule has 0 saturated heterocycles. The molecule has 2 rings (SSSR count). The fourth-order valence-electron chi connectivity index (χ4n) is 2.82. The van der Waals surface area contributed by atoms with E-state index in [0.717, 1.165) is 6.26 Å². The second-order valence-corrected chi connectivity index (χ2v) is 7.51. The Morgan fingerprint density at radius 2 is 2.22 bits per heavy atom. The molecule has 0 aromatic carbocycles. The Kier molecular flexibility index (Phi) is 6.08. The normalized spacial score (nSPS) is 25.2. The van der Waals surface area contributed by atoms with E-state index in [0.29, 0.717) is 32.4 Å². The lowest BCUT2D eigenvalue weighted by Crippen LogP contribution is -2.49. The van der Waals surface area contributed by atoms with E-state index in [9.17, 15) is 13.2 Å². The van der Waals surface area contributed by atoms with Gasteiger partial charge in [-0.3, -0.25) is 9.48 Å². The minimum Gasteiger partial charge on any atom is -0.380 e. The highest BCUT2D eigenvalue weighted by Crippen LogP contribution is 2.27. The summed E-state index contributed by atoms with van der Waals surface area (Å²) in [5, 5.41) is 6.84. The van der Waals surface area contributed by atoms with Crippen LogP contribution in [-0.2, 0) is 26.1 Å². The summed E-state index contributed by atoms with van der Waals surface area (Å²) in [7, 11) is -1.76. The van der Waals surface area contributed by atoms with Crippen molar-refractivity contribution in [3.8, 4) is 0 Å². The highest BCUT2D eigenvalue weighted by atomic mass is 32.2. The Morgan fingerprint density at radius 3 is 2.83 bits per heavy atom. The van der Waals surface area contributed by atoms with Crippen LogP contribution in [0, 0.1) is 5.92 Å². The van der Waals surface area contributed by atoms with Crippen molar-refractivity contribution in [3.05, 3.63) is 12.7 Å². The summed E-state index contributed by atoms with van der Waals surface area (Å²) in [4.78, 5) is 16.1. The summed E-state index contributed by atoms with van der Waals surface area (Å²) in [5.74, 6) is -0.210.